The zero-order valence-electron chi connectivity index (χ0n) is 20.3. The van der Waals surface area contributed by atoms with E-state index in [4.69, 9.17) is 14.8 Å². The zero-order chi connectivity index (χ0) is 23.1. The van der Waals surface area contributed by atoms with Gasteiger partial charge in [0.15, 0.2) is 5.65 Å². The van der Waals surface area contributed by atoms with Gasteiger partial charge in [-0.25, -0.2) is 9.50 Å². The van der Waals surface area contributed by atoms with Gasteiger partial charge < -0.3 is 9.64 Å². The Morgan fingerprint density at radius 1 is 1.15 bits per heavy atom. The Labute approximate surface area is 195 Å². The predicted octanol–water partition coefficient (Wildman–Crippen LogP) is 3.53. The summed E-state index contributed by atoms with van der Waals surface area (Å²) in [7, 11) is 0. The number of aryl methyl sites for hydroxylation is 2. The van der Waals surface area contributed by atoms with Gasteiger partial charge in [0.2, 0.25) is 5.91 Å². The molecule has 4 heterocycles. The maximum absolute atomic E-state index is 13.3. The molecule has 176 valence electrons. The Balaban J connectivity index is 1.29. The van der Waals surface area contributed by atoms with Crippen LogP contribution >= 0.6 is 0 Å². The number of amides is 1. The third-order valence-corrected chi connectivity index (χ3v) is 7.27. The van der Waals surface area contributed by atoms with E-state index in [-0.39, 0.29) is 18.1 Å². The molecular formula is C26H35N5O2. The monoisotopic (exact) mass is 449 g/mol. The number of nitrogens with zero attached hydrogens (tertiary/aromatic N) is 5. The fourth-order valence-corrected chi connectivity index (χ4v) is 5.80. The first-order valence-corrected chi connectivity index (χ1v) is 12.3. The SMILES string of the molecule is Cc1nc2c3ccccc3nn2c(C)c1CCC(=O)N1CCC[C@@H]1CN1C[C@@H](C)O[C@H](C)C1. The standard InChI is InChI=1S/C26H35N5O2/c1-17-14-29(15-18(2)33-17)16-21-8-7-13-30(21)25(32)12-11-22-19(3)27-26-23-9-5-6-10-24(23)28-31(26)20(22)4/h5-6,9-10,17-18,21H,7-8,11-16H2,1-4H3/t17-,18-,21-/m1/s1. The van der Waals surface area contributed by atoms with Crippen molar-refractivity contribution in [3.63, 3.8) is 0 Å². The third-order valence-electron chi connectivity index (χ3n) is 7.27. The van der Waals surface area contributed by atoms with Crippen molar-refractivity contribution in [3.8, 4) is 0 Å². The van der Waals surface area contributed by atoms with E-state index >= 15 is 0 Å². The van der Waals surface area contributed by atoms with Gasteiger partial charge in [0, 0.05) is 55.4 Å². The number of fused-ring (bicyclic) bond motifs is 3. The number of carbonyl (C=O) groups excluding carboxylic acids is 1. The van der Waals surface area contributed by atoms with Crippen LogP contribution in [0.1, 0.15) is 50.1 Å². The first-order chi connectivity index (χ1) is 15.9. The first-order valence-electron chi connectivity index (χ1n) is 12.3. The number of carbonyl (C=O) groups is 1. The Morgan fingerprint density at radius 2 is 1.91 bits per heavy atom. The Morgan fingerprint density at radius 3 is 2.70 bits per heavy atom. The van der Waals surface area contributed by atoms with E-state index in [1.807, 2.05) is 29.6 Å². The predicted molar refractivity (Wildman–Crippen MR) is 129 cm³/mol. The molecule has 2 aliphatic rings. The number of rotatable bonds is 5. The summed E-state index contributed by atoms with van der Waals surface area (Å²) in [5, 5.41) is 5.82. The molecule has 0 spiro atoms. The molecule has 3 atom stereocenters. The van der Waals surface area contributed by atoms with E-state index < -0.39 is 0 Å². The van der Waals surface area contributed by atoms with E-state index in [0.717, 1.165) is 72.5 Å². The lowest BCUT2D eigenvalue weighted by molar-refractivity contribution is -0.133. The summed E-state index contributed by atoms with van der Waals surface area (Å²) < 4.78 is 7.82. The maximum atomic E-state index is 13.3. The molecule has 7 heteroatoms. The topological polar surface area (TPSA) is 63.0 Å². The minimum absolute atomic E-state index is 0.256. The van der Waals surface area contributed by atoms with Crippen molar-refractivity contribution >= 4 is 22.5 Å². The molecule has 2 fully saturated rings. The van der Waals surface area contributed by atoms with Crippen molar-refractivity contribution in [1.29, 1.82) is 0 Å². The largest absolute Gasteiger partial charge is 0.373 e. The first kappa shape index (κ1) is 22.3. The van der Waals surface area contributed by atoms with E-state index in [1.54, 1.807) is 0 Å². The zero-order valence-corrected chi connectivity index (χ0v) is 20.3. The highest BCUT2D eigenvalue weighted by molar-refractivity contribution is 5.92. The van der Waals surface area contributed by atoms with Gasteiger partial charge in [0.05, 0.1) is 17.7 Å². The molecule has 0 N–H and O–H groups in total. The van der Waals surface area contributed by atoms with E-state index in [0.29, 0.717) is 18.9 Å². The number of hydrogen-bond donors (Lipinski definition) is 0. The van der Waals surface area contributed by atoms with Crippen LogP contribution in [0.25, 0.3) is 16.6 Å². The summed E-state index contributed by atoms with van der Waals surface area (Å²) in [5.74, 6) is 0.261. The lowest BCUT2D eigenvalue weighted by atomic mass is 10.1. The molecule has 3 aromatic rings. The average molecular weight is 450 g/mol. The average Bonchev–Trinajstić information content (AvgIpc) is 3.37. The van der Waals surface area contributed by atoms with Gasteiger partial charge in [0.25, 0.3) is 0 Å². The van der Waals surface area contributed by atoms with Crippen LogP contribution in [0.4, 0.5) is 0 Å². The summed E-state index contributed by atoms with van der Waals surface area (Å²) in [6.07, 6.45) is 3.92. The second kappa shape index (κ2) is 9.03. The molecule has 0 unspecified atom stereocenters. The number of hydrogen-bond acceptors (Lipinski definition) is 5. The summed E-state index contributed by atoms with van der Waals surface area (Å²) in [6, 6.07) is 8.42. The van der Waals surface area contributed by atoms with E-state index in [1.165, 1.54) is 0 Å². The summed E-state index contributed by atoms with van der Waals surface area (Å²) >= 11 is 0. The van der Waals surface area contributed by atoms with Gasteiger partial charge in [-0.1, -0.05) is 12.1 Å². The van der Waals surface area contributed by atoms with Crippen molar-refractivity contribution < 1.29 is 9.53 Å². The second-order valence-corrected chi connectivity index (χ2v) is 9.87. The number of aromatic nitrogens is 3. The van der Waals surface area contributed by atoms with Gasteiger partial charge in [-0.2, -0.15) is 5.10 Å². The van der Waals surface area contributed by atoms with Crippen LogP contribution in [0.2, 0.25) is 0 Å². The fourth-order valence-electron chi connectivity index (χ4n) is 5.80. The molecule has 33 heavy (non-hydrogen) atoms. The Hall–Kier alpha value is -2.51. The minimum Gasteiger partial charge on any atom is -0.373 e. The van der Waals surface area contributed by atoms with Crippen LogP contribution < -0.4 is 0 Å². The van der Waals surface area contributed by atoms with Crippen molar-refractivity contribution in [2.75, 3.05) is 26.2 Å². The molecule has 2 aliphatic heterocycles. The van der Waals surface area contributed by atoms with Crippen molar-refractivity contribution in [3.05, 3.63) is 41.2 Å². The van der Waals surface area contributed by atoms with Gasteiger partial charge in [0.1, 0.15) is 0 Å². The molecule has 2 aromatic heterocycles. The molecule has 1 aromatic carbocycles. The normalized spacial score (nSPS) is 24.2. The molecular weight excluding hydrogens is 414 g/mol. The third kappa shape index (κ3) is 4.36. The van der Waals surface area contributed by atoms with Gasteiger partial charge in [-0.05, 0) is 64.7 Å². The molecule has 0 aliphatic carbocycles. The van der Waals surface area contributed by atoms with Gasteiger partial charge >= 0.3 is 0 Å². The fraction of sp³-hybridized carbons (Fsp3) is 0.577. The van der Waals surface area contributed by atoms with Crippen LogP contribution in [0.15, 0.2) is 24.3 Å². The second-order valence-electron chi connectivity index (χ2n) is 9.87. The number of benzene rings is 1. The van der Waals surface area contributed by atoms with E-state index in [9.17, 15) is 4.79 Å². The molecule has 2 saturated heterocycles. The number of morpholine rings is 1. The summed E-state index contributed by atoms with van der Waals surface area (Å²) in [6.45, 7) is 12.1. The molecule has 1 amide bonds. The maximum Gasteiger partial charge on any atom is 0.223 e. The van der Waals surface area contributed by atoms with E-state index in [2.05, 4.69) is 36.6 Å². The highest BCUT2D eigenvalue weighted by Crippen LogP contribution is 2.25. The number of likely N-dealkylation sites (tertiary alicyclic amines) is 1. The quantitative estimate of drug-likeness (QED) is 0.596. The Kier molecular flexibility index (Phi) is 6.10. The Bertz CT molecular complexity index is 1160. The molecule has 7 nitrogen and oxygen atoms in total. The highest BCUT2D eigenvalue weighted by Gasteiger charge is 2.32. The van der Waals surface area contributed by atoms with Crippen molar-refractivity contribution in [1.82, 2.24) is 24.4 Å². The summed E-state index contributed by atoms with van der Waals surface area (Å²) in [5.41, 5.74) is 5.05. The molecule has 0 bridgehead atoms. The van der Waals surface area contributed by atoms with Crippen LogP contribution in [0.3, 0.4) is 0 Å². The lowest BCUT2D eigenvalue weighted by Gasteiger charge is -2.38. The molecule has 0 saturated carbocycles. The van der Waals surface area contributed by atoms with Crippen LogP contribution in [0, 0.1) is 13.8 Å². The number of ether oxygens (including phenoxy) is 1. The van der Waals surface area contributed by atoms with Crippen LogP contribution in [-0.4, -0.2) is 74.7 Å². The highest BCUT2D eigenvalue weighted by atomic mass is 16.5. The van der Waals surface area contributed by atoms with Gasteiger partial charge in [-0.15, -0.1) is 0 Å². The molecule has 0 radical (unpaired) electrons. The smallest absolute Gasteiger partial charge is 0.223 e. The van der Waals surface area contributed by atoms with Crippen LogP contribution in [-0.2, 0) is 16.0 Å². The lowest BCUT2D eigenvalue weighted by Crippen LogP contribution is -2.51. The van der Waals surface area contributed by atoms with Crippen molar-refractivity contribution in [2.24, 2.45) is 0 Å². The van der Waals surface area contributed by atoms with Crippen LogP contribution in [0.5, 0.6) is 0 Å². The minimum atomic E-state index is 0.256. The molecule has 5 rings (SSSR count). The van der Waals surface area contributed by atoms with Gasteiger partial charge in [-0.3, -0.25) is 9.69 Å². The van der Waals surface area contributed by atoms with Crippen molar-refractivity contribution in [2.45, 2.75) is 71.6 Å². The summed E-state index contributed by atoms with van der Waals surface area (Å²) in [4.78, 5) is 22.7.